The molecule has 2 nitrogen and oxygen atoms in total. The number of nitrogens with one attached hydrogen (secondary N) is 1. The number of hydrogen-bond acceptors (Lipinski definition) is 2. The Kier molecular flexibility index (Phi) is 6.06. The van der Waals surface area contributed by atoms with E-state index in [1.807, 2.05) is 0 Å². The van der Waals surface area contributed by atoms with Crippen LogP contribution in [0, 0.1) is 11.8 Å². The Morgan fingerprint density at radius 2 is 2.10 bits per heavy atom. The van der Waals surface area contributed by atoms with Gasteiger partial charge in [0.05, 0.1) is 0 Å². The topological polar surface area (TPSA) is 15.3 Å². The maximum absolute atomic E-state index is 3.67. The third kappa shape index (κ3) is 4.06. The largest absolute Gasteiger partial charge is 0.313 e. The lowest BCUT2D eigenvalue weighted by Crippen LogP contribution is -2.27. The van der Waals surface area contributed by atoms with Crippen LogP contribution in [0.5, 0.6) is 0 Å². The van der Waals surface area contributed by atoms with Gasteiger partial charge in [0.1, 0.15) is 0 Å². The number of rotatable bonds is 6. The van der Waals surface area contributed by atoms with Gasteiger partial charge in [0, 0.05) is 17.1 Å². The number of hydrogen-bond donors (Lipinski definition) is 1. The van der Waals surface area contributed by atoms with E-state index >= 15 is 0 Å². The van der Waals surface area contributed by atoms with E-state index in [-0.39, 0.29) is 0 Å². The molecule has 0 aliphatic carbocycles. The fourth-order valence-corrected chi connectivity index (χ4v) is 3.70. The second kappa shape index (κ2) is 7.58. The van der Waals surface area contributed by atoms with Gasteiger partial charge in [-0.15, -0.1) is 0 Å². The fraction of sp³-hybridized carbons (Fsp3) is 0.647. The highest BCUT2D eigenvalue weighted by Gasteiger charge is 2.25. The van der Waals surface area contributed by atoms with Crippen LogP contribution in [0.2, 0.25) is 0 Å². The smallest absolute Gasteiger partial charge is 0.0340 e. The van der Waals surface area contributed by atoms with Crippen LogP contribution < -0.4 is 5.32 Å². The second-order valence-electron chi connectivity index (χ2n) is 6.24. The van der Waals surface area contributed by atoms with Crippen molar-refractivity contribution in [2.75, 3.05) is 26.7 Å². The molecule has 1 saturated heterocycles. The van der Waals surface area contributed by atoms with Gasteiger partial charge in [0.25, 0.3) is 0 Å². The van der Waals surface area contributed by atoms with Gasteiger partial charge in [-0.05, 0) is 56.4 Å². The van der Waals surface area contributed by atoms with Gasteiger partial charge in [0.15, 0.2) is 0 Å². The Morgan fingerprint density at radius 1 is 1.35 bits per heavy atom. The molecule has 0 aromatic heterocycles. The van der Waals surface area contributed by atoms with Crippen LogP contribution in [0.1, 0.15) is 38.3 Å². The molecule has 3 heteroatoms. The van der Waals surface area contributed by atoms with Gasteiger partial charge >= 0.3 is 0 Å². The Bertz CT molecular complexity index is 419. The molecule has 1 aromatic carbocycles. The number of benzene rings is 1. The number of halogens is 1. The Labute approximate surface area is 132 Å². The molecular formula is C17H27BrN2. The monoisotopic (exact) mass is 338 g/mol. The minimum absolute atomic E-state index is 0.434. The molecule has 20 heavy (non-hydrogen) atoms. The summed E-state index contributed by atoms with van der Waals surface area (Å²) in [4.78, 5) is 2.63. The third-order valence-corrected chi connectivity index (χ3v) is 5.34. The van der Waals surface area contributed by atoms with Crippen molar-refractivity contribution in [3.63, 3.8) is 0 Å². The summed E-state index contributed by atoms with van der Waals surface area (Å²) in [6, 6.07) is 8.98. The first-order valence-electron chi connectivity index (χ1n) is 7.76. The van der Waals surface area contributed by atoms with Crippen LogP contribution in [0.15, 0.2) is 28.7 Å². The Balaban J connectivity index is 1.88. The van der Waals surface area contributed by atoms with E-state index in [0.717, 1.165) is 11.8 Å². The minimum atomic E-state index is 0.434. The van der Waals surface area contributed by atoms with Crippen LogP contribution in [0.4, 0.5) is 0 Å². The first kappa shape index (κ1) is 16.0. The highest BCUT2D eigenvalue weighted by atomic mass is 79.9. The van der Waals surface area contributed by atoms with Crippen molar-refractivity contribution in [2.45, 2.75) is 32.7 Å². The lowest BCUT2D eigenvalue weighted by Gasteiger charge is -2.23. The molecule has 1 N–H and O–H groups in total. The van der Waals surface area contributed by atoms with Crippen molar-refractivity contribution in [3.8, 4) is 0 Å². The molecule has 0 saturated carbocycles. The Morgan fingerprint density at radius 3 is 2.70 bits per heavy atom. The van der Waals surface area contributed by atoms with E-state index < -0.39 is 0 Å². The van der Waals surface area contributed by atoms with E-state index in [1.165, 1.54) is 42.5 Å². The number of likely N-dealkylation sites (tertiary alicyclic amines) is 1. The molecule has 1 fully saturated rings. The van der Waals surface area contributed by atoms with Crippen molar-refractivity contribution < 1.29 is 0 Å². The SMILES string of the molecule is CNC(CCN1CCC(C(C)C)C1)c1ccccc1Br. The lowest BCUT2D eigenvalue weighted by atomic mass is 9.95. The zero-order valence-corrected chi connectivity index (χ0v) is 14.5. The highest BCUT2D eigenvalue weighted by Crippen LogP contribution is 2.27. The summed E-state index contributed by atoms with van der Waals surface area (Å²) in [7, 11) is 2.06. The zero-order chi connectivity index (χ0) is 14.5. The quantitative estimate of drug-likeness (QED) is 0.840. The maximum atomic E-state index is 3.67. The zero-order valence-electron chi connectivity index (χ0n) is 12.9. The van der Waals surface area contributed by atoms with Crippen molar-refractivity contribution in [3.05, 3.63) is 34.3 Å². The molecule has 112 valence electrons. The summed E-state index contributed by atoms with van der Waals surface area (Å²) in [5.74, 6) is 1.72. The van der Waals surface area contributed by atoms with E-state index in [4.69, 9.17) is 0 Å². The predicted octanol–water partition coefficient (Wildman–Crippen LogP) is 4.08. The Hall–Kier alpha value is -0.380. The van der Waals surface area contributed by atoms with E-state index in [2.05, 4.69) is 71.3 Å². The molecule has 0 spiro atoms. The third-order valence-electron chi connectivity index (χ3n) is 4.61. The summed E-state index contributed by atoms with van der Waals surface area (Å²) in [6.07, 6.45) is 2.54. The van der Waals surface area contributed by atoms with Gasteiger partial charge < -0.3 is 10.2 Å². The van der Waals surface area contributed by atoms with Gasteiger partial charge in [0.2, 0.25) is 0 Å². The maximum Gasteiger partial charge on any atom is 0.0340 e. The second-order valence-corrected chi connectivity index (χ2v) is 7.10. The standard InChI is InChI=1S/C17H27BrN2/c1-13(2)14-8-10-20(12-14)11-9-17(19-3)15-6-4-5-7-16(15)18/h4-7,13-14,17,19H,8-12H2,1-3H3. The molecule has 1 aromatic rings. The minimum Gasteiger partial charge on any atom is -0.313 e. The average Bonchev–Trinajstić information content (AvgIpc) is 2.90. The first-order chi connectivity index (χ1) is 9.61. The van der Waals surface area contributed by atoms with Crippen LogP contribution in [-0.2, 0) is 0 Å². The van der Waals surface area contributed by atoms with Crippen LogP contribution in [-0.4, -0.2) is 31.6 Å². The average molecular weight is 339 g/mol. The van der Waals surface area contributed by atoms with E-state index in [9.17, 15) is 0 Å². The van der Waals surface area contributed by atoms with Gasteiger partial charge in [-0.25, -0.2) is 0 Å². The lowest BCUT2D eigenvalue weighted by molar-refractivity contribution is 0.287. The van der Waals surface area contributed by atoms with Crippen molar-refractivity contribution in [1.29, 1.82) is 0 Å². The summed E-state index contributed by atoms with van der Waals surface area (Å²) < 4.78 is 1.21. The van der Waals surface area contributed by atoms with E-state index in [1.54, 1.807) is 0 Å². The molecule has 1 aliphatic rings. The molecule has 2 rings (SSSR count). The molecule has 0 amide bonds. The van der Waals surface area contributed by atoms with Crippen molar-refractivity contribution in [2.24, 2.45) is 11.8 Å². The molecule has 0 bridgehead atoms. The predicted molar refractivity (Wildman–Crippen MR) is 89.9 cm³/mol. The van der Waals surface area contributed by atoms with Crippen LogP contribution in [0.25, 0.3) is 0 Å². The normalized spacial score (nSPS) is 21.6. The molecule has 0 radical (unpaired) electrons. The molecule has 2 unspecified atom stereocenters. The first-order valence-corrected chi connectivity index (χ1v) is 8.55. The fourth-order valence-electron chi connectivity index (χ4n) is 3.13. The van der Waals surface area contributed by atoms with E-state index in [0.29, 0.717) is 6.04 Å². The van der Waals surface area contributed by atoms with Crippen molar-refractivity contribution in [1.82, 2.24) is 10.2 Å². The summed E-state index contributed by atoms with van der Waals surface area (Å²) >= 11 is 3.67. The molecule has 1 aliphatic heterocycles. The van der Waals surface area contributed by atoms with Crippen LogP contribution in [0.3, 0.4) is 0 Å². The molecule has 1 heterocycles. The summed E-state index contributed by atoms with van der Waals surface area (Å²) in [5.41, 5.74) is 1.37. The summed E-state index contributed by atoms with van der Waals surface area (Å²) in [5, 5.41) is 3.46. The molecular weight excluding hydrogens is 312 g/mol. The van der Waals surface area contributed by atoms with Gasteiger partial charge in [-0.1, -0.05) is 48.0 Å². The van der Waals surface area contributed by atoms with Gasteiger partial charge in [-0.2, -0.15) is 0 Å². The number of nitrogens with zero attached hydrogens (tertiary/aromatic N) is 1. The van der Waals surface area contributed by atoms with Gasteiger partial charge in [-0.3, -0.25) is 0 Å². The van der Waals surface area contributed by atoms with Crippen molar-refractivity contribution >= 4 is 15.9 Å². The highest BCUT2D eigenvalue weighted by molar-refractivity contribution is 9.10. The van der Waals surface area contributed by atoms with Crippen LogP contribution >= 0.6 is 15.9 Å². The summed E-state index contributed by atoms with van der Waals surface area (Å²) in [6.45, 7) is 8.45. The molecule has 2 atom stereocenters.